The van der Waals surface area contributed by atoms with Crippen molar-refractivity contribution in [3.05, 3.63) is 52.1 Å². The Labute approximate surface area is 103 Å². The predicted octanol–water partition coefficient (Wildman–Crippen LogP) is 2.75. The third kappa shape index (κ3) is 1.96. The van der Waals surface area contributed by atoms with Crippen LogP contribution in [0.1, 0.15) is 21.6 Å². The number of aryl methyl sites for hydroxylation is 2. The van der Waals surface area contributed by atoms with Crippen molar-refractivity contribution >= 4 is 17.4 Å². The third-order valence-corrected chi connectivity index (χ3v) is 2.93. The van der Waals surface area contributed by atoms with Gasteiger partial charge in [-0.1, -0.05) is 23.7 Å². The number of carbonyl (C=O) groups is 1. The van der Waals surface area contributed by atoms with Gasteiger partial charge in [0.25, 0.3) is 0 Å². The average molecular weight is 253 g/mol. The summed E-state index contributed by atoms with van der Waals surface area (Å²) in [6.07, 6.45) is 0. The quantitative estimate of drug-likeness (QED) is 0.771. The van der Waals surface area contributed by atoms with Crippen molar-refractivity contribution in [3.63, 3.8) is 0 Å². The van der Waals surface area contributed by atoms with Gasteiger partial charge < -0.3 is 0 Å². The molecule has 0 atom stereocenters. The van der Waals surface area contributed by atoms with E-state index in [-0.39, 0.29) is 16.3 Å². The van der Waals surface area contributed by atoms with Crippen LogP contribution in [0.2, 0.25) is 5.15 Å². The minimum atomic E-state index is -0.559. The molecule has 0 spiro atoms. The van der Waals surface area contributed by atoms with E-state index in [9.17, 15) is 9.18 Å². The van der Waals surface area contributed by atoms with Gasteiger partial charge in [-0.05, 0) is 19.1 Å². The highest BCUT2D eigenvalue weighted by molar-refractivity contribution is 6.34. The molecular formula is C12H10ClFN2O. The van der Waals surface area contributed by atoms with Gasteiger partial charge in [-0.3, -0.25) is 9.48 Å². The molecule has 1 heterocycles. The lowest BCUT2D eigenvalue weighted by Gasteiger charge is -2.01. The number of ketones is 1. The fraction of sp³-hybridized carbons (Fsp3) is 0.167. The van der Waals surface area contributed by atoms with Gasteiger partial charge in [-0.15, -0.1) is 0 Å². The molecule has 3 nitrogen and oxygen atoms in total. The molecule has 2 aromatic rings. The molecule has 5 heteroatoms. The fourth-order valence-electron chi connectivity index (χ4n) is 1.67. The highest BCUT2D eigenvalue weighted by Crippen LogP contribution is 2.23. The zero-order valence-electron chi connectivity index (χ0n) is 9.37. The van der Waals surface area contributed by atoms with Crippen LogP contribution < -0.4 is 0 Å². The summed E-state index contributed by atoms with van der Waals surface area (Å²) >= 11 is 5.97. The Balaban J connectivity index is 2.55. The van der Waals surface area contributed by atoms with Gasteiger partial charge >= 0.3 is 0 Å². The summed E-state index contributed by atoms with van der Waals surface area (Å²) in [5.41, 5.74) is 0.746. The van der Waals surface area contributed by atoms with Crippen molar-refractivity contribution in [1.29, 1.82) is 0 Å². The Hall–Kier alpha value is -1.68. The Morgan fingerprint density at radius 2 is 2.06 bits per heavy atom. The Morgan fingerprint density at radius 1 is 1.41 bits per heavy atom. The third-order valence-electron chi connectivity index (χ3n) is 2.50. The molecule has 0 aliphatic rings. The first-order valence-corrected chi connectivity index (χ1v) is 5.38. The first-order valence-electron chi connectivity index (χ1n) is 5.00. The van der Waals surface area contributed by atoms with E-state index in [1.807, 2.05) is 0 Å². The first-order chi connectivity index (χ1) is 8.02. The van der Waals surface area contributed by atoms with E-state index in [0.717, 1.165) is 0 Å². The predicted molar refractivity (Wildman–Crippen MR) is 62.8 cm³/mol. The van der Waals surface area contributed by atoms with E-state index in [1.165, 1.54) is 22.9 Å². The molecule has 17 heavy (non-hydrogen) atoms. The van der Waals surface area contributed by atoms with Gasteiger partial charge in [-0.25, -0.2) is 4.39 Å². The standard InChI is InChI=1S/C12H10ClFN2O/c1-7-10(12(13)16(2)15-7)11(17)8-5-3-4-6-9(8)14/h3-6H,1-2H3. The van der Waals surface area contributed by atoms with Gasteiger partial charge in [0.05, 0.1) is 16.8 Å². The van der Waals surface area contributed by atoms with E-state index in [1.54, 1.807) is 20.0 Å². The number of aromatic nitrogens is 2. The van der Waals surface area contributed by atoms with E-state index >= 15 is 0 Å². The first kappa shape index (κ1) is 11.8. The van der Waals surface area contributed by atoms with Crippen LogP contribution in [-0.4, -0.2) is 15.6 Å². The van der Waals surface area contributed by atoms with Crippen molar-refractivity contribution < 1.29 is 9.18 Å². The second-order valence-corrected chi connectivity index (χ2v) is 4.04. The molecule has 0 aliphatic carbocycles. The molecule has 0 saturated carbocycles. The zero-order chi connectivity index (χ0) is 12.6. The molecule has 0 amide bonds. The van der Waals surface area contributed by atoms with Gasteiger partial charge in [0.2, 0.25) is 5.78 Å². The van der Waals surface area contributed by atoms with Gasteiger partial charge in [0.1, 0.15) is 11.0 Å². The van der Waals surface area contributed by atoms with Crippen molar-refractivity contribution in [2.45, 2.75) is 6.92 Å². The number of hydrogen-bond acceptors (Lipinski definition) is 2. The maximum absolute atomic E-state index is 13.5. The van der Waals surface area contributed by atoms with Gasteiger partial charge in [0.15, 0.2) is 0 Å². The molecule has 2 rings (SSSR count). The van der Waals surface area contributed by atoms with E-state index < -0.39 is 11.6 Å². The number of carbonyl (C=O) groups excluding carboxylic acids is 1. The maximum atomic E-state index is 13.5. The van der Waals surface area contributed by atoms with Crippen LogP contribution in [0.15, 0.2) is 24.3 Å². The lowest BCUT2D eigenvalue weighted by Crippen LogP contribution is -2.05. The van der Waals surface area contributed by atoms with Gasteiger partial charge in [-0.2, -0.15) is 5.10 Å². The number of hydrogen-bond donors (Lipinski definition) is 0. The smallest absolute Gasteiger partial charge is 0.200 e. The monoisotopic (exact) mass is 252 g/mol. The topological polar surface area (TPSA) is 34.9 Å². The molecule has 0 radical (unpaired) electrons. The maximum Gasteiger partial charge on any atom is 0.200 e. The largest absolute Gasteiger partial charge is 0.288 e. The lowest BCUT2D eigenvalue weighted by atomic mass is 10.0. The molecule has 0 unspecified atom stereocenters. The molecule has 1 aromatic carbocycles. The molecule has 0 saturated heterocycles. The number of halogens is 2. The SMILES string of the molecule is Cc1nn(C)c(Cl)c1C(=O)c1ccccc1F. The average Bonchev–Trinajstić information content (AvgIpc) is 2.53. The van der Waals surface area contributed by atoms with Gasteiger partial charge in [0, 0.05) is 7.05 Å². The number of nitrogens with zero attached hydrogens (tertiary/aromatic N) is 2. The zero-order valence-corrected chi connectivity index (χ0v) is 10.1. The van der Waals surface area contributed by atoms with Crippen LogP contribution in [0.5, 0.6) is 0 Å². The van der Waals surface area contributed by atoms with Crippen LogP contribution >= 0.6 is 11.6 Å². The van der Waals surface area contributed by atoms with Crippen LogP contribution in [-0.2, 0) is 7.05 Å². The highest BCUT2D eigenvalue weighted by Gasteiger charge is 2.22. The van der Waals surface area contributed by atoms with Crippen LogP contribution in [0.3, 0.4) is 0 Å². The van der Waals surface area contributed by atoms with E-state index in [0.29, 0.717) is 5.69 Å². The molecule has 1 aromatic heterocycles. The Kier molecular flexibility index (Phi) is 2.98. The summed E-state index contributed by atoms with van der Waals surface area (Å²) < 4.78 is 14.9. The molecule has 88 valence electrons. The Bertz CT molecular complexity index is 592. The number of rotatable bonds is 2. The van der Waals surface area contributed by atoms with E-state index in [4.69, 9.17) is 11.6 Å². The van der Waals surface area contributed by atoms with E-state index in [2.05, 4.69) is 5.10 Å². The minimum Gasteiger partial charge on any atom is -0.288 e. The van der Waals surface area contributed by atoms with Crippen LogP contribution in [0, 0.1) is 12.7 Å². The molecule has 0 N–H and O–H groups in total. The molecule has 0 bridgehead atoms. The summed E-state index contributed by atoms with van der Waals surface area (Å²) in [5, 5.41) is 4.25. The molecular weight excluding hydrogens is 243 g/mol. The van der Waals surface area contributed by atoms with Crippen molar-refractivity contribution in [2.24, 2.45) is 7.05 Å². The second-order valence-electron chi connectivity index (χ2n) is 3.68. The summed E-state index contributed by atoms with van der Waals surface area (Å²) in [6.45, 7) is 1.67. The van der Waals surface area contributed by atoms with Crippen LogP contribution in [0.25, 0.3) is 0 Å². The highest BCUT2D eigenvalue weighted by atomic mass is 35.5. The summed E-state index contributed by atoms with van der Waals surface area (Å²) in [5.74, 6) is -1.00. The lowest BCUT2D eigenvalue weighted by molar-refractivity contribution is 0.103. The normalized spacial score (nSPS) is 10.6. The Morgan fingerprint density at radius 3 is 2.59 bits per heavy atom. The summed E-state index contributed by atoms with van der Waals surface area (Å²) in [6, 6.07) is 5.81. The molecule has 0 fully saturated rings. The molecule has 0 aliphatic heterocycles. The van der Waals surface area contributed by atoms with Crippen molar-refractivity contribution in [1.82, 2.24) is 9.78 Å². The summed E-state index contributed by atoms with van der Waals surface area (Å²) in [7, 11) is 1.63. The van der Waals surface area contributed by atoms with Crippen molar-refractivity contribution in [3.8, 4) is 0 Å². The second kappa shape index (κ2) is 4.30. The number of benzene rings is 1. The van der Waals surface area contributed by atoms with Crippen LogP contribution in [0.4, 0.5) is 4.39 Å². The fourth-order valence-corrected chi connectivity index (χ4v) is 1.93. The summed E-state index contributed by atoms with van der Waals surface area (Å²) in [4.78, 5) is 12.1. The van der Waals surface area contributed by atoms with Crippen molar-refractivity contribution in [2.75, 3.05) is 0 Å². The minimum absolute atomic E-state index is 0.00509.